The molecule has 5 nitrogen and oxygen atoms in total. The summed E-state index contributed by atoms with van der Waals surface area (Å²) in [5.74, 6) is -0.128. The van der Waals surface area contributed by atoms with Crippen molar-refractivity contribution in [3.05, 3.63) is 71.3 Å². The quantitative estimate of drug-likeness (QED) is 0.715. The molecule has 150 valence electrons. The van der Waals surface area contributed by atoms with E-state index in [0.717, 1.165) is 31.1 Å². The molecule has 1 N–H and O–H groups in total. The van der Waals surface area contributed by atoms with Gasteiger partial charge in [0.1, 0.15) is 11.3 Å². The van der Waals surface area contributed by atoms with Crippen LogP contribution in [-0.2, 0) is 13.1 Å². The smallest absolute Gasteiger partial charge is 0.253 e. The van der Waals surface area contributed by atoms with Crippen molar-refractivity contribution in [2.45, 2.75) is 32.9 Å². The first-order chi connectivity index (χ1) is 14.1. The second-order valence-corrected chi connectivity index (χ2v) is 7.81. The Morgan fingerprint density at radius 1 is 1.21 bits per heavy atom. The lowest BCUT2D eigenvalue weighted by Gasteiger charge is -2.31. The van der Waals surface area contributed by atoms with Crippen molar-refractivity contribution in [3.63, 3.8) is 0 Å². The molecular formula is C23H25FN4O. The molecule has 0 bridgehead atoms. The van der Waals surface area contributed by atoms with Gasteiger partial charge in [0.2, 0.25) is 0 Å². The zero-order chi connectivity index (χ0) is 20.2. The molecule has 6 heteroatoms. The second kappa shape index (κ2) is 8.66. The van der Waals surface area contributed by atoms with Crippen LogP contribution in [0.15, 0.2) is 48.8 Å². The summed E-state index contributed by atoms with van der Waals surface area (Å²) >= 11 is 0. The van der Waals surface area contributed by atoms with Crippen molar-refractivity contribution in [1.82, 2.24) is 20.2 Å². The molecule has 1 aliphatic rings. The largest absolute Gasteiger partial charge is 0.348 e. The zero-order valence-corrected chi connectivity index (χ0v) is 16.6. The molecule has 1 atom stereocenters. The molecule has 0 radical (unpaired) electrons. The monoisotopic (exact) mass is 392 g/mol. The van der Waals surface area contributed by atoms with Crippen LogP contribution in [0, 0.1) is 11.7 Å². The number of fused-ring (bicyclic) bond motifs is 1. The molecule has 29 heavy (non-hydrogen) atoms. The van der Waals surface area contributed by atoms with Crippen LogP contribution in [0.5, 0.6) is 0 Å². The third-order valence-corrected chi connectivity index (χ3v) is 5.48. The molecule has 1 fully saturated rings. The Morgan fingerprint density at radius 3 is 2.83 bits per heavy atom. The lowest BCUT2D eigenvalue weighted by Crippen LogP contribution is -2.34. The normalized spacial score (nSPS) is 17.4. The average Bonchev–Trinajstić information content (AvgIpc) is 2.72. The van der Waals surface area contributed by atoms with Gasteiger partial charge in [-0.05, 0) is 42.5 Å². The van der Waals surface area contributed by atoms with E-state index in [4.69, 9.17) is 0 Å². The first-order valence-corrected chi connectivity index (χ1v) is 10.1. The van der Waals surface area contributed by atoms with Gasteiger partial charge < -0.3 is 5.32 Å². The van der Waals surface area contributed by atoms with Crippen molar-refractivity contribution < 1.29 is 9.18 Å². The lowest BCUT2D eigenvalue weighted by atomic mass is 9.99. The van der Waals surface area contributed by atoms with Gasteiger partial charge in [-0.1, -0.05) is 31.2 Å². The number of carbonyl (C=O) groups excluding carboxylic acids is 1. The van der Waals surface area contributed by atoms with Gasteiger partial charge >= 0.3 is 0 Å². The van der Waals surface area contributed by atoms with Gasteiger partial charge in [-0.25, -0.2) is 4.39 Å². The van der Waals surface area contributed by atoms with Crippen LogP contribution in [0.4, 0.5) is 4.39 Å². The van der Waals surface area contributed by atoms with Gasteiger partial charge in [-0.15, -0.1) is 0 Å². The SMILES string of the molecule is CC1CCCN(Cc2ccccc2CNC(=O)c2cc(F)cc3nccnc23)C1. The van der Waals surface area contributed by atoms with Crippen LogP contribution >= 0.6 is 0 Å². The number of aromatic nitrogens is 2. The van der Waals surface area contributed by atoms with E-state index in [0.29, 0.717) is 17.6 Å². The van der Waals surface area contributed by atoms with Gasteiger partial charge in [0.25, 0.3) is 5.91 Å². The van der Waals surface area contributed by atoms with Crippen molar-refractivity contribution >= 4 is 16.9 Å². The highest BCUT2D eigenvalue weighted by Gasteiger charge is 2.18. The number of likely N-dealkylation sites (tertiary alicyclic amines) is 1. The van der Waals surface area contributed by atoms with Gasteiger partial charge in [0.15, 0.2) is 0 Å². The third kappa shape index (κ3) is 4.59. The summed E-state index contributed by atoms with van der Waals surface area (Å²) in [4.78, 5) is 23.6. The maximum Gasteiger partial charge on any atom is 0.253 e. The van der Waals surface area contributed by atoms with E-state index in [1.165, 1.54) is 42.9 Å². The third-order valence-electron chi connectivity index (χ3n) is 5.48. The van der Waals surface area contributed by atoms with E-state index < -0.39 is 5.82 Å². The topological polar surface area (TPSA) is 58.1 Å². The number of hydrogen-bond donors (Lipinski definition) is 1. The first-order valence-electron chi connectivity index (χ1n) is 10.1. The summed E-state index contributed by atoms with van der Waals surface area (Å²) in [7, 11) is 0. The first kappa shape index (κ1) is 19.5. The second-order valence-electron chi connectivity index (χ2n) is 7.81. The fourth-order valence-electron chi connectivity index (χ4n) is 4.04. The van der Waals surface area contributed by atoms with E-state index in [-0.39, 0.29) is 11.5 Å². The average molecular weight is 392 g/mol. The summed E-state index contributed by atoms with van der Waals surface area (Å²) in [6.45, 7) is 5.78. The Balaban J connectivity index is 1.49. The molecule has 2 heterocycles. The molecule has 1 aliphatic heterocycles. The van der Waals surface area contributed by atoms with Crippen LogP contribution in [-0.4, -0.2) is 33.9 Å². The number of hydrogen-bond acceptors (Lipinski definition) is 4. The highest BCUT2D eigenvalue weighted by molar-refractivity contribution is 6.04. The molecule has 0 aliphatic carbocycles. The van der Waals surface area contributed by atoms with Crippen LogP contribution in [0.2, 0.25) is 0 Å². The Labute approximate surface area is 170 Å². The van der Waals surface area contributed by atoms with Crippen molar-refractivity contribution in [1.29, 1.82) is 0 Å². The Hall–Kier alpha value is -2.86. The molecule has 4 rings (SSSR count). The predicted octanol–water partition coefficient (Wildman–Crippen LogP) is 3.93. The molecule has 2 aromatic carbocycles. The maximum absolute atomic E-state index is 13.9. The summed E-state index contributed by atoms with van der Waals surface area (Å²) < 4.78 is 13.9. The zero-order valence-electron chi connectivity index (χ0n) is 16.6. The fraction of sp³-hybridized carbons (Fsp3) is 0.348. The molecule has 1 unspecified atom stereocenters. The maximum atomic E-state index is 13.9. The van der Waals surface area contributed by atoms with Crippen LogP contribution in [0.25, 0.3) is 11.0 Å². The number of amides is 1. The fourth-order valence-corrected chi connectivity index (χ4v) is 4.04. The molecule has 0 saturated carbocycles. The van der Waals surface area contributed by atoms with E-state index in [2.05, 4.69) is 33.2 Å². The van der Waals surface area contributed by atoms with Gasteiger partial charge in [-0.2, -0.15) is 0 Å². The van der Waals surface area contributed by atoms with Crippen LogP contribution in [0.1, 0.15) is 41.3 Å². The Morgan fingerprint density at radius 2 is 2.00 bits per heavy atom. The lowest BCUT2D eigenvalue weighted by molar-refractivity contribution is 0.0951. The van der Waals surface area contributed by atoms with E-state index in [1.807, 2.05) is 18.2 Å². The molecule has 0 spiro atoms. The number of nitrogens with one attached hydrogen (secondary N) is 1. The van der Waals surface area contributed by atoms with E-state index in [9.17, 15) is 9.18 Å². The highest BCUT2D eigenvalue weighted by atomic mass is 19.1. The number of carbonyl (C=O) groups is 1. The summed E-state index contributed by atoms with van der Waals surface area (Å²) in [6, 6.07) is 10.7. The highest BCUT2D eigenvalue weighted by Crippen LogP contribution is 2.20. The number of rotatable bonds is 5. The van der Waals surface area contributed by atoms with E-state index in [1.54, 1.807) is 0 Å². The van der Waals surface area contributed by atoms with Gasteiger partial charge in [0, 0.05) is 38.1 Å². The molecule has 1 amide bonds. The Kier molecular flexibility index (Phi) is 5.81. The van der Waals surface area contributed by atoms with Crippen molar-refractivity contribution in [2.24, 2.45) is 5.92 Å². The summed E-state index contributed by atoms with van der Waals surface area (Å²) in [5.41, 5.74) is 3.27. The predicted molar refractivity (Wildman–Crippen MR) is 111 cm³/mol. The number of halogens is 1. The van der Waals surface area contributed by atoms with Gasteiger partial charge in [0.05, 0.1) is 11.1 Å². The standard InChI is InChI=1S/C23H25FN4O/c1-16-5-4-10-28(14-16)15-18-7-3-2-6-17(18)13-27-23(29)20-11-19(24)12-21-22(20)26-9-8-25-21/h2-3,6-9,11-12,16H,4-5,10,13-15H2,1H3,(H,27,29). The minimum Gasteiger partial charge on any atom is -0.348 e. The van der Waals surface area contributed by atoms with E-state index >= 15 is 0 Å². The van der Waals surface area contributed by atoms with Crippen molar-refractivity contribution in [2.75, 3.05) is 13.1 Å². The number of nitrogens with zero attached hydrogens (tertiary/aromatic N) is 3. The van der Waals surface area contributed by atoms with Gasteiger partial charge in [-0.3, -0.25) is 19.7 Å². The molecular weight excluding hydrogens is 367 g/mol. The molecule has 1 saturated heterocycles. The number of benzene rings is 2. The summed E-state index contributed by atoms with van der Waals surface area (Å²) in [5, 5.41) is 2.93. The molecule has 1 aromatic heterocycles. The molecule has 3 aromatic rings. The minimum absolute atomic E-state index is 0.204. The minimum atomic E-state index is -0.497. The number of piperidine rings is 1. The van der Waals surface area contributed by atoms with Crippen LogP contribution in [0.3, 0.4) is 0 Å². The summed E-state index contributed by atoms with van der Waals surface area (Å²) in [6.07, 6.45) is 5.51. The Bertz CT molecular complexity index is 1020. The van der Waals surface area contributed by atoms with Crippen molar-refractivity contribution in [3.8, 4) is 0 Å². The van der Waals surface area contributed by atoms with Crippen LogP contribution < -0.4 is 5.32 Å².